The molecule has 1 aromatic heterocycles. The van der Waals surface area contributed by atoms with Crippen molar-refractivity contribution in [3.63, 3.8) is 0 Å². The first-order valence-electron chi connectivity index (χ1n) is 6.79. The van der Waals surface area contributed by atoms with Crippen LogP contribution in [0, 0.1) is 5.92 Å². The first-order valence-corrected chi connectivity index (χ1v) is 6.79. The van der Waals surface area contributed by atoms with Crippen LogP contribution in [-0.4, -0.2) is 16.7 Å². The van der Waals surface area contributed by atoms with Gasteiger partial charge in [0, 0.05) is 6.61 Å². The van der Waals surface area contributed by atoms with Gasteiger partial charge in [0.05, 0.1) is 6.04 Å². The molecule has 0 saturated carbocycles. The number of ether oxygens (including phenoxy) is 1. The van der Waals surface area contributed by atoms with E-state index < -0.39 is 0 Å². The van der Waals surface area contributed by atoms with Crippen molar-refractivity contribution in [2.45, 2.75) is 59.1 Å². The topological polar surface area (TPSA) is 74.2 Å². The number of nitrogens with zero attached hydrogens (tertiary/aromatic N) is 2. The highest BCUT2D eigenvalue weighted by Crippen LogP contribution is 2.23. The largest absolute Gasteiger partial charge is 0.370 e. The van der Waals surface area contributed by atoms with E-state index in [2.05, 4.69) is 30.9 Å². The van der Waals surface area contributed by atoms with Crippen molar-refractivity contribution in [2.75, 3.05) is 6.61 Å². The van der Waals surface area contributed by atoms with Gasteiger partial charge in [-0.05, 0) is 25.7 Å². The van der Waals surface area contributed by atoms with Crippen LogP contribution in [0.4, 0.5) is 0 Å². The smallest absolute Gasteiger partial charge is 0.243 e. The molecular weight excluding hydrogens is 230 g/mol. The van der Waals surface area contributed by atoms with Gasteiger partial charge in [-0.3, -0.25) is 0 Å². The van der Waals surface area contributed by atoms with Crippen LogP contribution in [0.5, 0.6) is 0 Å². The van der Waals surface area contributed by atoms with Crippen LogP contribution in [0.2, 0.25) is 0 Å². The van der Waals surface area contributed by atoms with Crippen LogP contribution < -0.4 is 5.73 Å². The average molecular weight is 255 g/mol. The maximum atomic E-state index is 6.02. The summed E-state index contributed by atoms with van der Waals surface area (Å²) < 4.78 is 10.9. The molecule has 2 N–H and O–H groups in total. The Kier molecular flexibility index (Phi) is 6.29. The Balaban J connectivity index is 2.70. The summed E-state index contributed by atoms with van der Waals surface area (Å²) in [5.41, 5.74) is 6.02. The van der Waals surface area contributed by atoms with Crippen LogP contribution in [0.3, 0.4) is 0 Å². The zero-order valence-electron chi connectivity index (χ0n) is 11.8. The van der Waals surface area contributed by atoms with E-state index in [1.54, 1.807) is 0 Å². The highest BCUT2D eigenvalue weighted by atomic mass is 16.5. The van der Waals surface area contributed by atoms with Crippen molar-refractivity contribution in [3.05, 3.63) is 11.7 Å². The van der Waals surface area contributed by atoms with Crippen LogP contribution in [0.1, 0.15) is 70.8 Å². The molecule has 18 heavy (non-hydrogen) atoms. The van der Waals surface area contributed by atoms with Gasteiger partial charge >= 0.3 is 0 Å². The number of hydrogen-bond acceptors (Lipinski definition) is 5. The molecule has 2 unspecified atom stereocenters. The van der Waals surface area contributed by atoms with Gasteiger partial charge in [-0.2, -0.15) is 4.98 Å². The Bertz CT molecular complexity index is 333. The van der Waals surface area contributed by atoms with Crippen LogP contribution >= 0.6 is 0 Å². The van der Waals surface area contributed by atoms with Gasteiger partial charge in [0.2, 0.25) is 11.7 Å². The Morgan fingerprint density at radius 1 is 1.33 bits per heavy atom. The molecule has 0 aromatic carbocycles. The fourth-order valence-electron chi connectivity index (χ4n) is 1.89. The van der Waals surface area contributed by atoms with Gasteiger partial charge in [0.1, 0.15) is 6.10 Å². The minimum absolute atomic E-state index is 0.0799. The predicted octanol–water partition coefficient (Wildman–Crippen LogP) is 2.99. The molecule has 0 bridgehead atoms. The molecule has 0 spiro atoms. The van der Waals surface area contributed by atoms with E-state index in [9.17, 15) is 0 Å². The lowest BCUT2D eigenvalue weighted by atomic mass is 10.0. The van der Waals surface area contributed by atoms with Crippen molar-refractivity contribution in [2.24, 2.45) is 11.7 Å². The average Bonchev–Trinajstić information content (AvgIpc) is 2.77. The van der Waals surface area contributed by atoms with E-state index in [0.717, 1.165) is 19.3 Å². The number of nitrogens with two attached hydrogens (primary N) is 1. The first-order chi connectivity index (χ1) is 8.58. The van der Waals surface area contributed by atoms with Gasteiger partial charge in [-0.1, -0.05) is 32.3 Å². The summed E-state index contributed by atoms with van der Waals surface area (Å²) in [5.74, 6) is 1.64. The van der Waals surface area contributed by atoms with E-state index in [4.69, 9.17) is 15.0 Å². The molecule has 0 amide bonds. The van der Waals surface area contributed by atoms with Crippen molar-refractivity contribution < 1.29 is 9.26 Å². The number of hydrogen-bond donors (Lipinski definition) is 1. The molecule has 5 nitrogen and oxygen atoms in total. The molecular formula is C13H25N3O2. The van der Waals surface area contributed by atoms with E-state index in [1.165, 1.54) is 0 Å². The second-order valence-corrected chi connectivity index (χ2v) is 4.96. The van der Waals surface area contributed by atoms with Crippen molar-refractivity contribution >= 4 is 0 Å². The zero-order chi connectivity index (χ0) is 13.5. The van der Waals surface area contributed by atoms with Gasteiger partial charge in [-0.25, -0.2) is 0 Å². The molecule has 1 heterocycles. The lowest BCUT2D eigenvalue weighted by Gasteiger charge is -2.11. The third-order valence-electron chi connectivity index (χ3n) is 2.71. The zero-order valence-corrected chi connectivity index (χ0v) is 11.8. The van der Waals surface area contributed by atoms with Gasteiger partial charge in [0.15, 0.2) is 0 Å². The highest BCUT2D eigenvalue weighted by molar-refractivity contribution is 4.95. The Morgan fingerprint density at radius 3 is 2.61 bits per heavy atom. The fourth-order valence-corrected chi connectivity index (χ4v) is 1.89. The Labute approximate surface area is 109 Å². The van der Waals surface area contributed by atoms with Gasteiger partial charge in [-0.15, -0.1) is 0 Å². The SMILES string of the molecule is CCCC(OCC)c1noc(C(N)CC(C)C)n1. The van der Waals surface area contributed by atoms with Crippen LogP contribution in [-0.2, 0) is 4.74 Å². The predicted molar refractivity (Wildman–Crippen MR) is 70.0 cm³/mol. The minimum Gasteiger partial charge on any atom is -0.370 e. The molecule has 0 fully saturated rings. The van der Waals surface area contributed by atoms with E-state index in [-0.39, 0.29) is 12.1 Å². The van der Waals surface area contributed by atoms with E-state index in [0.29, 0.717) is 24.2 Å². The van der Waals surface area contributed by atoms with Crippen LogP contribution in [0.15, 0.2) is 4.52 Å². The Morgan fingerprint density at radius 2 is 2.06 bits per heavy atom. The summed E-state index contributed by atoms with van der Waals surface area (Å²) >= 11 is 0. The summed E-state index contributed by atoms with van der Waals surface area (Å²) in [6.45, 7) is 8.96. The van der Waals surface area contributed by atoms with E-state index >= 15 is 0 Å². The van der Waals surface area contributed by atoms with Crippen molar-refractivity contribution in [1.29, 1.82) is 0 Å². The standard InChI is InChI=1S/C13H25N3O2/c1-5-7-11(17-6-2)12-15-13(18-16-12)10(14)8-9(3)4/h9-11H,5-8,14H2,1-4H3. The molecule has 1 rings (SSSR count). The second-order valence-electron chi connectivity index (χ2n) is 4.96. The maximum absolute atomic E-state index is 6.02. The second kappa shape index (κ2) is 7.48. The molecule has 0 aliphatic rings. The summed E-state index contributed by atoms with van der Waals surface area (Å²) in [6, 6.07) is -0.185. The number of rotatable bonds is 8. The number of aromatic nitrogens is 2. The fraction of sp³-hybridized carbons (Fsp3) is 0.846. The van der Waals surface area contributed by atoms with Crippen molar-refractivity contribution in [1.82, 2.24) is 10.1 Å². The summed E-state index contributed by atoms with van der Waals surface area (Å²) in [6.07, 6.45) is 2.68. The quantitative estimate of drug-likeness (QED) is 0.773. The summed E-state index contributed by atoms with van der Waals surface area (Å²) in [4.78, 5) is 4.37. The highest BCUT2D eigenvalue weighted by Gasteiger charge is 2.21. The lowest BCUT2D eigenvalue weighted by Crippen LogP contribution is -2.14. The molecule has 104 valence electrons. The summed E-state index contributed by atoms with van der Waals surface area (Å²) in [5, 5.41) is 3.99. The molecule has 0 radical (unpaired) electrons. The molecule has 1 aromatic rings. The normalized spacial score (nSPS) is 15.0. The van der Waals surface area contributed by atoms with Crippen molar-refractivity contribution in [3.8, 4) is 0 Å². The van der Waals surface area contributed by atoms with Gasteiger partial charge < -0.3 is 15.0 Å². The monoisotopic (exact) mass is 255 g/mol. The van der Waals surface area contributed by atoms with E-state index in [1.807, 2.05) is 6.92 Å². The minimum atomic E-state index is -0.185. The maximum Gasteiger partial charge on any atom is 0.243 e. The molecule has 5 heteroatoms. The summed E-state index contributed by atoms with van der Waals surface area (Å²) in [7, 11) is 0. The molecule has 0 saturated heterocycles. The molecule has 0 aliphatic carbocycles. The third kappa shape index (κ3) is 4.38. The third-order valence-corrected chi connectivity index (χ3v) is 2.71. The van der Waals surface area contributed by atoms with Crippen LogP contribution in [0.25, 0.3) is 0 Å². The Hall–Kier alpha value is -0.940. The first kappa shape index (κ1) is 15.1. The van der Waals surface area contributed by atoms with Gasteiger partial charge in [0.25, 0.3) is 0 Å². The molecule has 2 atom stereocenters. The lowest BCUT2D eigenvalue weighted by molar-refractivity contribution is 0.0477. The molecule has 0 aliphatic heterocycles.